The number of ether oxygens (including phenoxy) is 1. The number of nitrogen functional groups attached to an aromatic ring is 1. The van der Waals surface area contributed by atoms with Gasteiger partial charge in [0, 0.05) is 37.1 Å². The summed E-state index contributed by atoms with van der Waals surface area (Å²) in [6.45, 7) is 2.63. The number of thioether (sulfide) groups is 1. The standard InChI is InChI=1S/C39H66N7O18P3S/c1-4-5-6-7-8-9-10-11-12-13-16-27(47)17-14-15-18-30(49)68-22-21-41-29(48)19-20-42-37(52)34(51)39(2,3)24-61-67(58,59)64-66(56,57)60-23-28-33(63-65(53,54)55)32(50)38(62-28)46-26-45-31-35(40)43-25-44-36(31)46/h8-9,11-12,25-28,32-34,38,47,50-51H,4-7,10,13-24H2,1-3H3,(H,41,48)(H,42,52)(H,56,57)(H,58,59)(H2,40,43,44)(H2,53,54,55)/b9-8+,12-11+. The topological polar surface area (TPSA) is 384 Å². The SMILES string of the molecule is CCCCC/C=C/C/C=C/CCC(O)CCCCC(=O)SCCNC(=O)CCNC(=O)C(O)C(C)(C)COP(=O)(O)OP(=O)(O)OCC1OC(n2cnc3c(N)ncnc32)C(O)C1OP(=O)(O)O. The highest BCUT2D eigenvalue weighted by Crippen LogP contribution is 2.61. The molecule has 2 amide bonds. The van der Waals surface area contributed by atoms with Crippen LogP contribution in [0.25, 0.3) is 11.2 Å². The van der Waals surface area contributed by atoms with Gasteiger partial charge in [0.2, 0.25) is 11.8 Å². The van der Waals surface area contributed by atoms with Gasteiger partial charge in [-0.2, -0.15) is 4.31 Å². The van der Waals surface area contributed by atoms with Gasteiger partial charge in [0.05, 0.1) is 25.6 Å². The van der Waals surface area contributed by atoms with E-state index in [4.69, 9.17) is 19.5 Å². The first-order valence-corrected chi connectivity index (χ1v) is 27.5. The Hall–Kier alpha value is -3.00. The first kappa shape index (κ1) is 59.3. The largest absolute Gasteiger partial charge is 0.481 e. The van der Waals surface area contributed by atoms with Gasteiger partial charge in [0.1, 0.15) is 36.3 Å². The molecule has 0 aromatic carbocycles. The number of amides is 2. The van der Waals surface area contributed by atoms with Crippen molar-refractivity contribution < 1.29 is 85.6 Å². The number of phosphoric acid groups is 3. The van der Waals surface area contributed by atoms with E-state index in [-0.39, 0.29) is 41.6 Å². The van der Waals surface area contributed by atoms with Crippen molar-refractivity contribution in [2.75, 3.05) is 37.8 Å². The van der Waals surface area contributed by atoms with Crippen LogP contribution in [-0.4, -0.2) is 134 Å². The predicted octanol–water partition coefficient (Wildman–Crippen LogP) is 3.45. The summed E-state index contributed by atoms with van der Waals surface area (Å²) in [4.78, 5) is 88.4. The predicted molar refractivity (Wildman–Crippen MR) is 248 cm³/mol. The Morgan fingerprint density at radius 2 is 1.63 bits per heavy atom. The van der Waals surface area contributed by atoms with Crippen LogP contribution in [0.5, 0.6) is 0 Å². The highest BCUT2D eigenvalue weighted by Gasteiger charge is 2.50. The molecule has 0 aliphatic carbocycles. The van der Waals surface area contributed by atoms with Crippen molar-refractivity contribution in [3.63, 3.8) is 0 Å². The molecule has 25 nitrogen and oxygen atoms in total. The highest BCUT2D eigenvalue weighted by molar-refractivity contribution is 8.13. The van der Waals surface area contributed by atoms with Crippen molar-refractivity contribution in [2.24, 2.45) is 5.41 Å². The van der Waals surface area contributed by atoms with E-state index in [1.807, 2.05) is 0 Å². The summed E-state index contributed by atoms with van der Waals surface area (Å²) >= 11 is 1.08. The Balaban J connectivity index is 1.32. The van der Waals surface area contributed by atoms with E-state index in [1.165, 1.54) is 33.1 Å². The number of imidazole rings is 1. The van der Waals surface area contributed by atoms with E-state index in [0.29, 0.717) is 31.4 Å². The molecule has 68 heavy (non-hydrogen) atoms. The lowest BCUT2D eigenvalue weighted by atomic mass is 9.87. The Morgan fingerprint density at radius 1 is 0.926 bits per heavy atom. The number of carbonyl (C=O) groups excluding carboxylic acids is 3. The number of hydrogen-bond donors (Lipinski definition) is 10. The van der Waals surface area contributed by atoms with E-state index < -0.39 is 90.7 Å². The van der Waals surface area contributed by atoms with E-state index in [2.05, 4.69) is 65.6 Å². The van der Waals surface area contributed by atoms with Gasteiger partial charge in [-0.3, -0.25) is 32.5 Å². The van der Waals surface area contributed by atoms with Gasteiger partial charge in [-0.25, -0.2) is 28.6 Å². The summed E-state index contributed by atoms with van der Waals surface area (Å²) in [6, 6.07) is 0. The van der Waals surface area contributed by atoms with Crippen LogP contribution in [0, 0.1) is 5.41 Å². The summed E-state index contributed by atoms with van der Waals surface area (Å²) in [5.41, 5.74) is 4.26. The number of fused-ring (bicyclic) bond motifs is 1. The van der Waals surface area contributed by atoms with Crippen molar-refractivity contribution in [1.29, 1.82) is 0 Å². The van der Waals surface area contributed by atoms with Crippen LogP contribution in [0.2, 0.25) is 0 Å². The van der Waals surface area contributed by atoms with E-state index >= 15 is 0 Å². The lowest BCUT2D eigenvalue weighted by molar-refractivity contribution is -0.137. The summed E-state index contributed by atoms with van der Waals surface area (Å²) in [5, 5.41) is 36.7. The first-order valence-electron chi connectivity index (χ1n) is 22.0. The van der Waals surface area contributed by atoms with E-state index in [1.54, 1.807) is 0 Å². The zero-order valence-electron chi connectivity index (χ0n) is 38.2. The minimum absolute atomic E-state index is 0.0276. The second-order valence-electron chi connectivity index (χ2n) is 16.4. The number of aliphatic hydroxyl groups excluding tert-OH is 3. The third kappa shape index (κ3) is 21.6. The number of hydrogen-bond acceptors (Lipinski definition) is 19. The number of phosphoric ester groups is 3. The Bertz CT molecular complexity index is 2130. The molecular weight excluding hydrogens is 979 g/mol. The molecule has 1 aliphatic heterocycles. The van der Waals surface area contributed by atoms with Crippen molar-refractivity contribution >= 4 is 69.1 Å². The number of nitrogens with one attached hydrogen (secondary N) is 2. The quantitative estimate of drug-likeness (QED) is 0.0278. The molecular formula is C39H66N7O18P3S. The van der Waals surface area contributed by atoms with Crippen LogP contribution in [0.3, 0.4) is 0 Å². The zero-order valence-corrected chi connectivity index (χ0v) is 41.7. The van der Waals surface area contributed by atoms with Crippen LogP contribution in [0.4, 0.5) is 5.82 Å². The van der Waals surface area contributed by atoms with Crippen molar-refractivity contribution in [2.45, 2.75) is 135 Å². The molecule has 0 saturated carbocycles. The minimum Gasteiger partial charge on any atom is -0.393 e. The zero-order chi connectivity index (χ0) is 50.5. The number of allylic oxidation sites excluding steroid dienone is 4. The fraction of sp³-hybridized carbons (Fsp3) is 0.692. The Kier molecular flexibility index (Phi) is 25.1. The Labute approximate surface area is 398 Å². The van der Waals surface area contributed by atoms with Gasteiger partial charge < -0.3 is 56.0 Å². The second kappa shape index (κ2) is 28.7. The number of unbranched alkanes of at least 4 members (excludes halogenated alkanes) is 4. The summed E-state index contributed by atoms with van der Waals surface area (Å²) < 4.78 is 62.4. The van der Waals surface area contributed by atoms with Gasteiger partial charge >= 0.3 is 23.5 Å². The van der Waals surface area contributed by atoms with Crippen LogP contribution in [0.15, 0.2) is 37.0 Å². The monoisotopic (exact) mass is 1050 g/mol. The third-order valence-corrected chi connectivity index (χ3v) is 14.2. The van der Waals surface area contributed by atoms with Crippen LogP contribution < -0.4 is 16.4 Å². The minimum atomic E-state index is -5.59. The van der Waals surface area contributed by atoms with Gasteiger partial charge in [-0.1, -0.05) is 76.1 Å². The maximum Gasteiger partial charge on any atom is 0.481 e. The third-order valence-electron chi connectivity index (χ3n) is 10.2. The number of aromatic nitrogens is 4. The number of rotatable bonds is 33. The molecule has 8 unspecified atom stereocenters. The molecule has 0 spiro atoms. The molecule has 1 fully saturated rings. The smallest absolute Gasteiger partial charge is 0.393 e. The lowest BCUT2D eigenvalue weighted by Crippen LogP contribution is -2.46. The molecule has 1 saturated heterocycles. The molecule has 1 aliphatic rings. The van der Waals surface area contributed by atoms with Gasteiger partial charge in [-0.15, -0.1) is 0 Å². The molecule has 2 aromatic rings. The molecule has 29 heteroatoms. The van der Waals surface area contributed by atoms with E-state index in [9.17, 15) is 63.0 Å². The van der Waals surface area contributed by atoms with Crippen molar-refractivity contribution in [1.82, 2.24) is 30.2 Å². The van der Waals surface area contributed by atoms with Gasteiger partial charge in [0.15, 0.2) is 22.8 Å². The lowest BCUT2D eigenvalue weighted by Gasteiger charge is -2.30. The summed E-state index contributed by atoms with van der Waals surface area (Å²) in [7, 11) is -16.4. The summed E-state index contributed by atoms with van der Waals surface area (Å²) in [6.07, 6.45) is 10.6. The maximum absolute atomic E-state index is 12.7. The molecule has 0 bridgehead atoms. The molecule has 0 radical (unpaired) electrons. The number of nitrogens with zero attached hydrogens (tertiary/aromatic N) is 4. The van der Waals surface area contributed by atoms with E-state index in [0.717, 1.165) is 54.7 Å². The molecule has 2 aromatic heterocycles. The molecule has 8 atom stereocenters. The van der Waals surface area contributed by atoms with Crippen molar-refractivity contribution in [3.05, 3.63) is 37.0 Å². The van der Waals surface area contributed by atoms with Crippen LogP contribution in [0.1, 0.15) is 104 Å². The first-order chi connectivity index (χ1) is 31.9. The number of aliphatic hydroxyl groups is 3. The molecule has 3 heterocycles. The molecule has 11 N–H and O–H groups in total. The average molecular weight is 1050 g/mol. The molecule has 3 rings (SSSR count). The maximum atomic E-state index is 12.7. The van der Waals surface area contributed by atoms with Crippen LogP contribution >= 0.6 is 35.2 Å². The fourth-order valence-corrected chi connectivity index (χ4v) is 10.0. The normalized spacial score (nSPS) is 20.7. The fourth-order valence-electron chi connectivity index (χ4n) is 6.47. The van der Waals surface area contributed by atoms with Crippen molar-refractivity contribution in [3.8, 4) is 0 Å². The second-order valence-corrected chi connectivity index (χ2v) is 21.8. The van der Waals surface area contributed by atoms with Gasteiger partial charge in [0.25, 0.3) is 0 Å². The average Bonchev–Trinajstić information content (AvgIpc) is 3.82. The highest BCUT2D eigenvalue weighted by atomic mass is 32.2. The molecule has 386 valence electrons. The van der Waals surface area contributed by atoms with Gasteiger partial charge in [-0.05, 0) is 44.9 Å². The summed E-state index contributed by atoms with van der Waals surface area (Å²) in [5.74, 6) is -1.15. The Morgan fingerprint density at radius 3 is 2.34 bits per heavy atom. The number of carbonyl (C=O) groups is 3. The van der Waals surface area contributed by atoms with Crippen LogP contribution in [-0.2, 0) is 50.7 Å². The number of anilines is 1. The number of nitrogens with two attached hydrogens (primary N) is 1.